The number of fused-ring (bicyclic) bond motifs is 1. The molecule has 166 valence electrons. The molecule has 2 aromatic carbocycles. The Labute approximate surface area is 187 Å². The van der Waals surface area contributed by atoms with Gasteiger partial charge in [0.15, 0.2) is 5.01 Å². The third-order valence-corrected chi connectivity index (χ3v) is 7.15. The molecule has 0 saturated heterocycles. The zero-order valence-corrected chi connectivity index (χ0v) is 18.7. The van der Waals surface area contributed by atoms with Gasteiger partial charge in [-0.05, 0) is 30.2 Å². The number of aliphatic hydroxyl groups is 1. The Kier molecular flexibility index (Phi) is 6.37. The van der Waals surface area contributed by atoms with E-state index in [-0.39, 0.29) is 28.1 Å². The van der Waals surface area contributed by atoms with Crippen LogP contribution in [0.15, 0.2) is 60.1 Å². The topological polar surface area (TPSA) is 102 Å². The molecular weight excluding hydrogens is 454 g/mol. The summed E-state index contributed by atoms with van der Waals surface area (Å²) < 4.78 is 33.3. The molecular formula is C22H20FN2O5PS. The maximum Gasteiger partial charge on any atom is 0.437 e. The molecule has 0 saturated carbocycles. The largest absolute Gasteiger partial charge is 0.437 e. The minimum Gasteiger partial charge on any atom is -0.387 e. The second kappa shape index (κ2) is 9.05. The zero-order chi connectivity index (χ0) is 22.9. The number of thiazole rings is 1. The summed E-state index contributed by atoms with van der Waals surface area (Å²) in [4.78, 5) is 28.0. The van der Waals surface area contributed by atoms with Crippen LogP contribution in [0.5, 0.6) is 0 Å². The lowest BCUT2D eigenvalue weighted by Gasteiger charge is -2.14. The molecule has 0 aliphatic carbocycles. The summed E-state index contributed by atoms with van der Waals surface area (Å²) in [7, 11) is -4.41. The van der Waals surface area contributed by atoms with Crippen molar-refractivity contribution in [1.82, 2.24) is 9.32 Å². The van der Waals surface area contributed by atoms with Crippen molar-refractivity contribution in [3.8, 4) is 0 Å². The highest BCUT2D eigenvalue weighted by atomic mass is 32.1. The van der Waals surface area contributed by atoms with Crippen LogP contribution in [-0.4, -0.2) is 25.1 Å². The highest BCUT2D eigenvalue weighted by molar-refractivity contribution is 7.51. The van der Waals surface area contributed by atoms with Crippen LogP contribution in [0.4, 0.5) is 4.39 Å². The monoisotopic (exact) mass is 474 g/mol. The number of rotatable bonds is 8. The second-order valence-electron chi connectivity index (χ2n) is 7.13. The first-order valence-electron chi connectivity index (χ1n) is 9.81. The van der Waals surface area contributed by atoms with Gasteiger partial charge in [-0.25, -0.2) is 13.9 Å². The van der Waals surface area contributed by atoms with E-state index in [0.29, 0.717) is 17.7 Å². The van der Waals surface area contributed by atoms with E-state index in [9.17, 15) is 23.7 Å². The minimum absolute atomic E-state index is 0.0176. The number of carbonyl (C=O) groups excluding carboxylic acids is 1. The molecule has 10 heteroatoms. The number of halogens is 1. The predicted molar refractivity (Wildman–Crippen MR) is 119 cm³/mol. The summed E-state index contributed by atoms with van der Waals surface area (Å²) in [6.07, 6.45) is 0.833. The number of hydrogen-bond donors (Lipinski definition) is 2. The van der Waals surface area contributed by atoms with E-state index in [4.69, 9.17) is 4.52 Å². The highest BCUT2D eigenvalue weighted by Crippen LogP contribution is 2.48. The number of carbonyl (C=O) groups is 1. The maximum atomic E-state index is 14.0. The number of benzene rings is 2. The van der Waals surface area contributed by atoms with Crippen molar-refractivity contribution in [3.63, 3.8) is 0 Å². The van der Waals surface area contributed by atoms with Crippen LogP contribution in [-0.2, 0) is 15.7 Å². The van der Waals surface area contributed by atoms with Crippen LogP contribution in [0.25, 0.3) is 10.9 Å². The molecule has 0 fully saturated rings. The van der Waals surface area contributed by atoms with Gasteiger partial charge in [-0.2, -0.15) is 0 Å². The first-order chi connectivity index (χ1) is 15.3. The molecule has 4 rings (SSSR count). The molecule has 0 amide bonds. The van der Waals surface area contributed by atoms with E-state index in [0.717, 1.165) is 27.8 Å². The number of hydrogen-bond acceptors (Lipinski definition) is 6. The molecule has 2 aromatic heterocycles. The van der Waals surface area contributed by atoms with E-state index in [1.165, 1.54) is 12.3 Å². The van der Waals surface area contributed by atoms with Gasteiger partial charge < -0.3 is 10.00 Å². The lowest BCUT2D eigenvalue weighted by atomic mass is 10.1. The van der Waals surface area contributed by atoms with Crippen molar-refractivity contribution in [2.75, 3.05) is 0 Å². The van der Waals surface area contributed by atoms with Crippen LogP contribution >= 0.6 is 19.1 Å². The van der Waals surface area contributed by atoms with E-state index >= 15 is 0 Å². The van der Waals surface area contributed by atoms with E-state index in [1.54, 1.807) is 36.6 Å². The van der Waals surface area contributed by atoms with Crippen molar-refractivity contribution < 1.29 is 28.3 Å². The van der Waals surface area contributed by atoms with Crippen molar-refractivity contribution >= 4 is 35.8 Å². The molecule has 0 bridgehead atoms. The van der Waals surface area contributed by atoms with Gasteiger partial charge in [0.25, 0.3) is 0 Å². The summed E-state index contributed by atoms with van der Waals surface area (Å²) >= 11 is 1.05. The van der Waals surface area contributed by atoms with Crippen molar-refractivity contribution in [1.29, 1.82) is 0 Å². The summed E-state index contributed by atoms with van der Waals surface area (Å²) in [6.45, 7) is 1.67. The predicted octanol–water partition coefficient (Wildman–Crippen LogP) is 5.08. The van der Waals surface area contributed by atoms with Gasteiger partial charge in [-0.15, -0.1) is 11.3 Å². The smallest absolute Gasteiger partial charge is 0.387 e. The third-order valence-electron chi connectivity index (χ3n) is 4.95. The highest BCUT2D eigenvalue weighted by Gasteiger charge is 2.29. The van der Waals surface area contributed by atoms with Crippen molar-refractivity contribution in [2.24, 2.45) is 0 Å². The normalized spacial score (nSPS) is 14.4. The molecule has 2 heterocycles. The molecule has 1 unspecified atom stereocenters. The lowest BCUT2D eigenvalue weighted by molar-refractivity contribution is 0.103. The van der Waals surface area contributed by atoms with E-state index in [1.807, 2.05) is 6.07 Å². The van der Waals surface area contributed by atoms with Crippen LogP contribution < -0.4 is 0 Å². The summed E-state index contributed by atoms with van der Waals surface area (Å²) in [6, 6.07) is 12.5. The SMILES string of the molecule is CC[C@H](O)c1csc(C(=O)c2cn(P(=O)(O)OCc3ccccc3)c3ccc(F)cc23)n1. The first-order valence-corrected chi connectivity index (χ1v) is 12.2. The number of aromatic nitrogens is 2. The summed E-state index contributed by atoms with van der Waals surface area (Å²) in [5.41, 5.74) is 1.27. The average Bonchev–Trinajstić information content (AvgIpc) is 3.43. The fourth-order valence-corrected chi connectivity index (χ4v) is 5.21. The Morgan fingerprint density at radius 1 is 1.28 bits per heavy atom. The van der Waals surface area contributed by atoms with Gasteiger partial charge in [0.05, 0.1) is 29.5 Å². The van der Waals surface area contributed by atoms with Gasteiger partial charge in [-0.3, -0.25) is 13.7 Å². The Bertz CT molecular complexity index is 1320. The number of ketones is 1. The Hall–Kier alpha value is -2.68. The van der Waals surface area contributed by atoms with E-state index < -0.39 is 25.5 Å². The van der Waals surface area contributed by atoms with Crippen LogP contribution in [0.1, 0.15) is 46.1 Å². The van der Waals surface area contributed by atoms with Crippen molar-refractivity contribution in [3.05, 3.63) is 87.8 Å². The quantitative estimate of drug-likeness (QED) is 0.273. The Morgan fingerprint density at radius 3 is 2.75 bits per heavy atom. The third kappa shape index (κ3) is 4.44. The fourth-order valence-electron chi connectivity index (χ4n) is 3.24. The first kappa shape index (κ1) is 22.5. The fraction of sp³-hybridized carbons (Fsp3) is 0.182. The van der Waals surface area contributed by atoms with Crippen LogP contribution in [0.2, 0.25) is 0 Å². The molecule has 0 spiro atoms. The van der Waals surface area contributed by atoms with Gasteiger partial charge in [0.2, 0.25) is 5.78 Å². The minimum atomic E-state index is -4.41. The molecule has 32 heavy (non-hydrogen) atoms. The van der Waals surface area contributed by atoms with Gasteiger partial charge in [0.1, 0.15) is 5.82 Å². The molecule has 7 nitrogen and oxygen atoms in total. The van der Waals surface area contributed by atoms with Crippen LogP contribution in [0.3, 0.4) is 0 Å². The van der Waals surface area contributed by atoms with Gasteiger partial charge in [-0.1, -0.05) is 37.3 Å². The molecule has 0 aliphatic rings. The number of aliphatic hydroxyl groups excluding tert-OH is 1. The second-order valence-corrected chi connectivity index (χ2v) is 9.66. The molecule has 2 N–H and O–H groups in total. The van der Waals surface area contributed by atoms with Gasteiger partial charge >= 0.3 is 7.75 Å². The van der Waals surface area contributed by atoms with Gasteiger partial charge in [0, 0.05) is 17.0 Å². The maximum absolute atomic E-state index is 14.0. The molecule has 0 aliphatic heterocycles. The average molecular weight is 474 g/mol. The Balaban J connectivity index is 1.73. The summed E-state index contributed by atoms with van der Waals surface area (Å²) in [5.74, 6) is -1.13. The Morgan fingerprint density at radius 2 is 2.03 bits per heavy atom. The molecule has 0 radical (unpaired) electrons. The molecule has 4 aromatic rings. The number of nitrogens with zero attached hydrogens (tertiary/aromatic N) is 2. The lowest BCUT2D eigenvalue weighted by Crippen LogP contribution is -2.03. The van der Waals surface area contributed by atoms with Crippen molar-refractivity contribution in [2.45, 2.75) is 26.1 Å². The van der Waals surface area contributed by atoms with E-state index in [2.05, 4.69) is 4.98 Å². The summed E-state index contributed by atoms with van der Waals surface area (Å²) in [5, 5.41) is 11.8. The molecule has 2 atom stereocenters. The zero-order valence-electron chi connectivity index (χ0n) is 17.0. The standard InChI is InChI=1S/C22H20FN2O5PS/c1-2-20(26)18-13-32-22(24-18)21(27)17-11-25(19-9-8-15(23)10-16(17)19)31(28,29)30-12-14-6-4-3-5-7-14/h3-11,13,20,26H,2,12H2,1H3,(H,28,29)/t20-/m0/s1. The van der Waals surface area contributed by atoms with Crippen LogP contribution in [0, 0.1) is 5.82 Å².